The smallest absolute Gasteiger partial charge is 0.125 e. The molecule has 0 atom stereocenters. The summed E-state index contributed by atoms with van der Waals surface area (Å²) in [6.45, 7) is 9.19. The predicted octanol–water partition coefficient (Wildman–Crippen LogP) is 3.46. The van der Waals surface area contributed by atoms with Gasteiger partial charge in [-0.3, -0.25) is 0 Å². The van der Waals surface area contributed by atoms with Crippen molar-refractivity contribution >= 4 is 0 Å². The molecule has 2 nitrogen and oxygen atoms in total. The topological polar surface area (TPSA) is 21.3 Å². The number of hydrogen-bond donors (Lipinski definition) is 1. The van der Waals surface area contributed by atoms with Crippen LogP contribution in [0.5, 0.6) is 5.75 Å². The molecule has 1 rings (SSSR count). The average molecular weight is 235 g/mol. The van der Waals surface area contributed by atoms with Gasteiger partial charge in [0.1, 0.15) is 12.4 Å². The van der Waals surface area contributed by atoms with Crippen LogP contribution in [0.25, 0.3) is 0 Å². The van der Waals surface area contributed by atoms with E-state index in [0.29, 0.717) is 0 Å². The predicted molar refractivity (Wildman–Crippen MR) is 73.8 cm³/mol. The van der Waals surface area contributed by atoms with Gasteiger partial charge in [0, 0.05) is 6.54 Å². The van der Waals surface area contributed by atoms with Gasteiger partial charge in [0.15, 0.2) is 0 Å². The minimum atomic E-state index is 0.748. The maximum atomic E-state index is 5.81. The zero-order valence-electron chi connectivity index (χ0n) is 11.4. The summed E-state index contributed by atoms with van der Waals surface area (Å²) in [5.74, 6) is 1.04. The Bertz CT molecular complexity index is 302. The lowest BCUT2D eigenvalue weighted by Gasteiger charge is -2.12. The van der Waals surface area contributed by atoms with Gasteiger partial charge in [-0.05, 0) is 37.9 Å². The molecule has 0 saturated carbocycles. The van der Waals surface area contributed by atoms with Crippen molar-refractivity contribution in [1.29, 1.82) is 0 Å². The van der Waals surface area contributed by atoms with E-state index in [9.17, 15) is 0 Å². The van der Waals surface area contributed by atoms with Crippen LogP contribution in [0.1, 0.15) is 37.3 Å². The Balaban J connectivity index is 2.18. The number of hydrogen-bond acceptors (Lipinski definition) is 2. The van der Waals surface area contributed by atoms with Crippen LogP contribution in [-0.2, 0) is 0 Å². The first-order valence-electron chi connectivity index (χ1n) is 6.65. The third-order valence-electron chi connectivity index (χ3n) is 2.89. The maximum absolute atomic E-state index is 5.81. The molecule has 17 heavy (non-hydrogen) atoms. The Morgan fingerprint density at radius 1 is 1.06 bits per heavy atom. The van der Waals surface area contributed by atoms with Gasteiger partial charge in [-0.25, -0.2) is 0 Å². The minimum absolute atomic E-state index is 0.748. The second-order valence-corrected chi connectivity index (χ2v) is 4.53. The first-order valence-corrected chi connectivity index (χ1v) is 6.65. The van der Waals surface area contributed by atoms with E-state index < -0.39 is 0 Å². The lowest BCUT2D eigenvalue weighted by Crippen LogP contribution is -2.22. The van der Waals surface area contributed by atoms with Crippen LogP contribution in [0.15, 0.2) is 18.2 Å². The SMILES string of the molecule is CCCCCNCCOc1c(C)cccc1C. The van der Waals surface area contributed by atoms with E-state index in [4.69, 9.17) is 4.74 Å². The van der Waals surface area contributed by atoms with Crippen LogP contribution in [0, 0.1) is 13.8 Å². The van der Waals surface area contributed by atoms with Crippen molar-refractivity contribution in [3.8, 4) is 5.75 Å². The molecule has 0 unspecified atom stereocenters. The van der Waals surface area contributed by atoms with Gasteiger partial charge in [-0.2, -0.15) is 0 Å². The molecule has 0 fully saturated rings. The molecule has 1 aromatic rings. The van der Waals surface area contributed by atoms with Crippen LogP contribution in [0.4, 0.5) is 0 Å². The third kappa shape index (κ3) is 5.22. The van der Waals surface area contributed by atoms with Gasteiger partial charge in [0.05, 0.1) is 0 Å². The van der Waals surface area contributed by atoms with E-state index in [-0.39, 0.29) is 0 Å². The number of benzene rings is 1. The average Bonchev–Trinajstić information content (AvgIpc) is 2.31. The minimum Gasteiger partial charge on any atom is -0.492 e. The maximum Gasteiger partial charge on any atom is 0.125 e. The molecule has 0 amide bonds. The highest BCUT2D eigenvalue weighted by Crippen LogP contribution is 2.21. The zero-order chi connectivity index (χ0) is 12.5. The van der Waals surface area contributed by atoms with Crippen LogP contribution in [0.3, 0.4) is 0 Å². The van der Waals surface area contributed by atoms with Gasteiger partial charge >= 0.3 is 0 Å². The van der Waals surface area contributed by atoms with Crippen molar-refractivity contribution in [1.82, 2.24) is 5.32 Å². The van der Waals surface area contributed by atoms with Crippen LogP contribution in [-0.4, -0.2) is 19.7 Å². The monoisotopic (exact) mass is 235 g/mol. The van der Waals surface area contributed by atoms with E-state index >= 15 is 0 Å². The molecular weight excluding hydrogens is 210 g/mol. The molecule has 0 saturated heterocycles. The summed E-state index contributed by atoms with van der Waals surface area (Å²) in [5, 5.41) is 3.40. The molecule has 96 valence electrons. The number of ether oxygens (including phenoxy) is 1. The fourth-order valence-electron chi connectivity index (χ4n) is 1.88. The highest BCUT2D eigenvalue weighted by atomic mass is 16.5. The lowest BCUT2D eigenvalue weighted by molar-refractivity contribution is 0.309. The number of para-hydroxylation sites is 1. The van der Waals surface area contributed by atoms with Crippen molar-refractivity contribution in [3.05, 3.63) is 29.3 Å². The number of unbranched alkanes of at least 4 members (excludes halogenated alkanes) is 2. The fourth-order valence-corrected chi connectivity index (χ4v) is 1.88. The summed E-state index contributed by atoms with van der Waals surface area (Å²) < 4.78 is 5.81. The molecule has 0 aliphatic rings. The molecule has 1 aromatic carbocycles. The third-order valence-corrected chi connectivity index (χ3v) is 2.89. The van der Waals surface area contributed by atoms with Gasteiger partial charge in [-0.15, -0.1) is 0 Å². The first-order chi connectivity index (χ1) is 8.25. The molecule has 2 heteroatoms. The van der Waals surface area contributed by atoms with E-state index in [2.05, 4.69) is 44.3 Å². The lowest BCUT2D eigenvalue weighted by atomic mass is 10.1. The molecular formula is C15H25NO. The molecule has 1 N–H and O–H groups in total. The summed E-state index contributed by atoms with van der Waals surface area (Å²) in [6.07, 6.45) is 3.85. The van der Waals surface area contributed by atoms with E-state index in [1.807, 2.05) is 0 Å². The summed E-state index contributed by atoms with van der Waals surface area (Å²) >= 11 is 0. The summed E-state index contributed by atoms with van der Waals surface area (Å²) in [5.41, 5.74) is 2.44. The highest BCUT2D eigenvalue weighted by molar-refractivity contribution is 5.39. The largest absolute Gasteiger partial charge is 0.492 e. The summed E-state index contributed by atoms with van der Waals surface area (Å²) in [6, 6.07) is 6.26. The van der Waals surface area contributed by atoms with Crippen molar-refractivity contribution in [2.24, 2.45) is 0 Å². The summed E-state index contributed by atoms with van der Waals surface area (Å²) in [7, 11) is 0. The summed E-state index contributed by atoms with van der Waals surface area (Å²) in [4.78, 5) is 0. The van der Waals surface area contributed by atoms with Crippen molar-refractivity contribution in [2.45, 2.75) is 40.0 Å². The second-order valence-electron chi connectivity index (χ2n) is 4.53. The van der Waals surface area contributed by atoms with Gasteiger partial charge < -0.3 is 10.1 Å². The molecule has 0 spiro atoms. The molecule has 0 aliphatic heterocycles. The van der Waals surface area contributed by atoms with E-state index in [0.717, 1.165) is 25.4 Å². The Morgan fingerprint density at radius 3 is 2.41 bits per heavy atom. The highest BCUT2D eigenvalue weighted by Gasteiger charge is 2.01. The fraction of sp³-hybridized carbons (Fsp3) is 0.600. The van der Waals surface area contributed by atoms with Gasteiger partial charge in [-0.1, -0.05) is 38.0 Å². The molecule has 0 bridgehead atoms. The molecule has 0 aliphatic carbocycles. The van der Waals surface area contributed by atoms with Crippen molar-refractivity contribution in [2.75, 3.05) is 19.7 Å². The quantitative estimate of drug-likeness (QED) is 0.697. The number of aryl methyl sites for hydroxylation is 2. The zero-order valence-corrected chi connectivity index (χ0v) is 11.4. The van der Waals surface area contributed by atoms with Crippen LogP contribution in [0.2, 0.25) is 0 Å². The molecule has 0 aromatic heterocycles. The van der Waals surface area contributed by atoms with Crippen molar-refractivity contribution < 1.29 is 4.74 Å². The second kappa shape index (κ2) is 8.13. The normalized spacial score (nSPS) is 10.5. The standard InChI is InChI=1S/C15H25NO/c1-4-5-6-10-16-11-12-17-15-13(2)8-7-9-14(15)3/h7-9,16H,4-6,10-12H2,1-3H3. The first kappa shape index (κ1) is 14.0. The van der Waals surface area contributed by atoms with Gasteiger partial charge in [0.25, 0.3) is 0 Å². The Kier molecular flexibility index (Phi) is 6.71. The van der Waals surface area contributed by atoms with Crippen molar-refractivity contribution in [3.63, 3.8) is 0 Å². The van der Waals surface area contributed by atoms with E-state index in [1.54, 1.807) is 0 Å². The van der Waals surface area contributed by atoms with Crippen LogP contribution < -0.4 is 10.1 Å². The number of rotatable bonds is 8. The van der Waals surface area contributed by atoms with Crippen LogP contribution >= 0.6 is 0 Å². The number of nitrogens with one attached hydrogen (secondary N) is 1. The van der Waals surface area contributed by atoms with Gasteiger partial charge in [0.2, 0.25) is 0 Å². The Labute approximate surface area is 105 Å². The Hall–Kier alpha value is -1.02. The Morgan fingerprint density at radius 2 is 1.76 bits per heavy atom. The molecule has 0 radical (unpaired) electrons. The van der Waals surface area contributed by atoms with E-state index in [1.165, 1.54) is 30.4 Å². The molecule has 0 heterocycles.